The Labute approximate surface area is 79.7 Å². The number of hydrogen-bond donors (Lipinski definition) is 0. The highest BCUT2D eigenvalue weighted by Crippen LogP contribution is 2.35. The molecular formula is C12H16O. The fourth-order valence-corrected chi connectivity index (χ4v) is 2.06. The first-order valence-electron chi connectivity index (χ1n) is 5.13. The van der Waals surface area contributed by atoms with Gasteiger partial charge in [0.1, 0.15) is 5.75 Å². The molecule has 2 rings (SSSR count). The maximum Gasteiger partial charge on any atom is 0.122 e. The first-order valence-corrected chi connectivity index (χ1v) is 5.13. The molecule has 13 heavy (non-hydrogen) atoms. The third-order valence-corrected chi connectivity index (χ3v) is 2.72. The summed E-state index contributed by atoms with van der Waals surface area (Å²) >= 11 is 0. The Balaban J connectivity index is 2.26. The number of para-hydroxylation sites is 1. The van der Waals surface area contributed by atoms with E-state index in [4.69, 9.17) is 4.74 Å². The highest BCUT2D eigenvalue weighted by atomic mass is 16.5. The van der Waals surface area contributed by atoms with E-state index in [0.29, 0.717) is 0 Å². The molecule has 0 bridgehead atoms. The summed E-state index contributed by atoms with van der Waals surface area (Å²) in [6.07, 6.45) is 3.74. The molecule has 1 atom stereocenters. The summed E-state index contributed by atoms with van der Waals surface area (Å²) in [5.41, 5.74) is 1.41. The van der Waals surface area contributed by atoms with Crippen molar-refractivity contribution in [2.45, 2.75) is 32.1 Å². The van der Waals surface area contributed by atoms with Crippen molar-refractivity contribution >= 4 is 0 Å². The molecule has 1 aromatic rings. The maximum absolute atomic E-state index is 5.60. The van der Waals surface area contributed by atoms with Crippen LogP contribution in [0.1, 0.15) is 37.7 Å². The third kappa shape index (κ3) is 1.69. The smallest absolute Gasteiger partial charge is 0.122 e. The molecule has 1 aliphatic rings. The van der Waals surface area contributed by atoms with Crippen LogP contribution in [0.3, 0.4) is 0 Å². The second kappa shape index (κ2) is 3.82. The number of fused-ring (bicyclic) bond motifs is 1. The molecule has 0 N–H and O–H groups in total. The zero-order valence-electron chi connectivity index (χ0n) is 8.12. The van der Waals surface area contributed by atoms with Gasteiger partial charge < -0.3 is 4.74 Å². The van der Waals surface area contributed by atoms with Gasteiger partial charge in [-0.2, -0.15) is 0 Å². The van der Waals surface area contributed by atoms with Crippen molar-refractivity contribution in [1.29, 1.82) is 0 Å². The standard InChI is InChI=1S/C12H16O/c1-2-5-10-8-9-13-12-7-4-3-6-11(10)12/h3-4,6-7,10H,2,5,8-9H2,1H3. The minimum absolute atomic E-state index is 0.731. The average Bonchev–Trinajstić information content (AvgIpc) is 2.19. The Kier molecular flexibility index (Phi) is 2.53. The fourth-order valence-electron chi connectivity index (χ4n) is 2.06. The van der Waals surface area contributed by atoms with E-state index in [9.17, 15) is 0 Å². The van der Waals surface area contributed by atoms with Crippen LogP contribution in [-0.2, 0) is 0 Å². The van der Waals surface area contributed by atoms with Crippen LogP contribution in [0.5, 0.6) is 5.75 Å². The SMILES string of the molecule is CCCC1CCOc2ccccc21. The Morgan fingerprint density at radius 2 is 2.23 bits per heavy atom. The first kappa shape index (κ1) is 8.61. The molecule has 1 unspecified atom stereocenters. The summed E-state index contributed by atoms with van der Waals surface area (Å²) in [5, 5.41) is 0. The number of benzene rings is 1. The van der Waals surface area contributed by atoms with Crippen LogP contribution in [0.4, 0.5) is 0 Å². The average molecular weight is 176 g/mol. The van der Waals surface area contributed by atoms with E-state index < -0.39 is 0 Å². The fraction of sp³-hybridized carbons (Fsp3) is 0.500. The van der Waals surface area contributed by atoms with Crippen LogP contribution in [0.15, 0.2) is 24.3 Å². The van der Waals surface area contributed by atoms with Gasteiger partial charge in [-0.1, -0.05) is 31.5 Å². The predicted octanol–water partition coefficient (Wildman–Crippen LogP) is 3.35. The first-order chi connectivity index (χ1) is 6.42. The molecule has 0 fully saturated rings. The van der Waals surface area contributed by atoms with E-state index in [0.717, 1.165) is 18.3 Å². The van der Waals surface area contributed by atoms with E-state index in [1.807, 2.05) is 6.07 Å². The van der Waals surface area contributed by atoms with E-state index in [1.54, 1.807) is 0 Å². The number of rotatable bonds is 2. The lowest BCUT2D eigenvalue weighted by Crippen LogP contribution is -2.13. The summed E-state index contributed by atoms with van der Waals surface area (Å²) in [4.78, 5) is 0. The second-order valence-corrected chi connectivity index (χ2v) is 3.66. The summed E-state index contributed by atoms with van der Waals surface area (Å²) in [5.74, 6) is 1.84. The van der Waals surface area contributed by atoms with Gasteiger partial charge in [0.05, 0.1) is 6.61 Å². The topological polar surface area (TPSA) is 9.23 Å². The van der Waals surface area contributed by atoms with Crippen molar-refractivity contribution in [3.05, 3.63) is 29.8 Å². The van der Waals surface area contributed by atoms with Crippen LogP contribution >= 0.6 is 0 Å². The zero-order valence-corrected chi connectivity index (χ0v) is 8.12. The Hall–Kier alpha value is -0.980. The largest absolute Gasteiger partial charge is 0.493 e. The van der Waals surface area contributed by atoms with Gasteiger partial charge in [-0.3, -0.25) is 0 Å². The predicted molar refractivity (Wildman–Crippen MR) is 54.2 cm³/mol. The second-order valence-electron chi connectivity index (χ2n) is 3.66. The van der Waals surface area contributed by atoms with Gasteiger partial charge in [0.15, 0.2) is 0 Å². The Bertz CT molecular complexity index is 280. The zero-order chi connectivity index (χ0) is 9.10. The molecule has 1 aromatic carbocycles. The molecule has 70 valence electrons. The van der Waals surface area contributed by atoms with Gasteiger partial charge in [-0.25, -0.2) is 0 Å². The van der Waals surface area contributed by atoms with Gasteiger partial charge in [0.2, 0.25) is 0 Å². The molecule has 0 spiro atoms. The minimum Gasteiger partial charge on any atom is -0.493 e. The van der Waals surface area contributed by atoms with Crippen molar-refractivity contribution in [3.8, 4) is 5.75 Å². The third-order valence-electron chi connectivity index (χ3n) is 2.72. The van der Waals surface area contributed by atoms with Crippen LogP contribution in [0.25, 0.3) is 0 Å². The molecule has 1 heteroatoms. The molecule has 0 radical (unpaired) electrons. The van der Waals surface area contributed by atoms with Crippen LogP contribution in [-0.4, -0.2) is 6.61 Å². The lowest BCUT2D eigenvalue weighted by atomic mass is 9.89. The molecule has 0 aliphatic carbocycles. The van der Waals surface area contributed by atoms with Crippen molar-refractivity contribution in [3.63, 3.8) is 0 Å². The van der Waals surface area contributed by atoms with Gasteiger partial charge in [-0.05, 0) is 30.4 Å². The molecule has 1 nitrogen and oxygen atoms in total. The number of ether oxygens (including phenoxy) is 1. The van der Waals surface area contributed by atoms with Crippen LogP contribution in [0.2, 0.25) is 0 Å². The maximum atomic E-state index is 5.60. The summed E-state index contributed by atoms with van der Waals surface area (Å²) in [6, 6.07) is 8.44. The van der Waals surface area contributed by atoms with Gasteiger partial charge in [0, 0.05) is 0 Å². The molecule has 0 saturated heterocycles. The Morgan fingerprint density at radius 3 is 3.08 bits per heavy atom. The minimum atomic E-state index is 0.731. The Morgan fingerprint density at radius 1 is 1.38 bits per heavy atom. The molecule has 0 saturated carbocycles. The van der Waals surface area contributed by atoms with Crippen molar-refractivity contribution in [2.75, 3.05) is 6.61 Å². The molecule has 1 heterocycles. The number of hydrogen-bond acceptors (Lipinski definition) is 1. The normalized spacial score (nSPS) is 20.5. The molecule has 1 aliphatic heterocycles. The van der Waals surface area contributed by atoms with Crippen molar-refractivity contribution < 1.29 is 4.74 Å². The van der Waals surface area contributed by atoms with Crippen LogP contribution < -0.4 is 4.74 Å². The summed E-state index contributed by atoms with van der Waals surface area (Å²) < 4.78 is 5.60. The van der Waals surface area contributed by atoms with Crippen molar-refractivity contribution in [2.24, 2.45) is 0 Å². The monoisotopic (exact) mass is 176 g/mol. The van der Waals surface area contributed by atoms with Gasteiger partial charge in [-0.15, -0.1) is 0 Å². The van der Waals surface area contributed by atoms with E-state index in [-0.39, 0.29) is 0 Å². The quantitative estimate of drug-likeness (QED) is 0.671. The highest BCUT2D eigenvalue weighted by molar-refractivity contribution is 5.37. The van der Waals surface area contributed by atoms with Crippen molar-refractivity contribution in [1.82, 2.24) is 0 Å². The van der Waals surface area contributed by atoms with E-state index in [1.165, 1.54) is 24.8 Å². The van der Waals surface area contributed by atoms with E-state index in [2.05, 4.69) is 25.1 Å². The van der Waals surface area contributed by atoms with Crippen LogP contribution in [0, 0.1) is 0 Å². The molecule has 0 aromatic heterocycles. The summed E-state index contributed by atoms with van der Waals surface area (Å²) in [6.45, 7) is 3.14. The lowest BCUT2D eigenvalue weighted by molar-refractivity contribution is 0.262. The van der Waals surface area contributed by atoms with Gasteiger partial charge in [0.25, 0.3) is 0 Å². The molecule has 0 amide bonds. The summed E-state index contributed by atoms with van der Waals surface area (Å²) in [7, 11) is 0. The molecular weight excluding hydrogens is 160 g/mol. The highest BCUT2D eigenvalue weighted by Gasteiger charge is 2.19. The lowest BCUT2D eigenvalue weighted by Gasteiger charge is -2.25. The van der Waals surface area contributed by atoms with E-state index >= 15 is 0 Å². The van der Waals surface area contributed by atoms with Gasteiger partial charge >= 0.3 is 0 Å².